The van der Waals surface area contributed by atoms with Gasteiger partial charge in [0.25, 0.3) is 5.69 Å². The van der Waals surface area contributed by atoms with Gasteiger partial charge in [-0.2, -0.15) is 0 Å². The number of benzene rings is 1. The predicted octanol–water partition coefficient (Wildman–Crippen LogP) is 1.64. The van der Waals surface area contributed by atoms with Crippen LogP contribution in [-0.4, -0.2) is 48.0 Å². The Balaban J connectivity index is 0.00000242. The van der Waals surface area contributed by atoms with E-state index in [4.69, 9.17) is 0 Å². The fourth-order valence-electron chi connectivity index (χ4n) is 2.40. The summed E-state index contributed by atoms with van der Waals surface area (Å²) in [6.45, 7) is 4.68. The molecule has 1 fully saturated rings. The number of nitrogens with zero attached hydrogens (tertiary/aromatic N) is 2. The molecule has 1 aliphatic rings. The third kappa shape index (κ3) is 4.85. The highest BCUT2D eigenvalue weighted by Gasteiger charge is 2.20. The first kappa shape index (κ1) is 18.2. The predicted molar refractivity (Wildman–Crippen MR) is 87.5 cm³/mol. The molecular formula is C14H21ClN4O3. The Bertz CT molecular complexity index is 527. The van der Waals surface area contributed by atoms with E-state index in [1.807, 2.05) is 11.8 Å². The maximum absolute atomic E-state index is 12.1. The van der Waals surface area contributed by atoms with Crippen LogP contribution in [0.3, 0.4) is 0 Å². The number of nitro groups is 1. The van der Waals surface area contributed by atoms with Crippen LogP contribution in [0.4, 0.5) is 11.4 Å². The molecule has 1 heterocycles. The van der Waals surface area contributed by atoms with Crippen LogP contribution in [0.25, 0.3) is 0 Å². The maximum Gasteiger partial charge on any atom is 0.292 e. The van der Waals surface area contributed by atoms with Crippen LogP contribution < -0.4 is 10.6 Å². The number of piperazine rings is 1. The van der Waals surface area contributed by atoms with Gasteiger partial charge in [0.15, 0.2) is 0 Å². The Labute approximate surface area is 135 Å². The van der Waals surface area contributed by atoms with Crippen molar-refractivity contribution in [1.29, 1.82) is 0 Å². The fraction of sp³-hybridized carbons (Fsp3) is 0.500. The molecule has 0 bridgehead atoms. The first-order chi connectivity index (χ1) is 10.1. The number of nitrogens with one attached hydrogen (secondary N) is 2. The number of carbonyl (C=O) groups is 1. The lowest BCUT2D eigenvalue weighted by molar-refractivity contribution is -0.384. The SMILES string of the molecule is CC1CN(C(=O)CCNc2ccccc2[N+](=O)[O-])CCN1.Cl. The van der Waals surface area contributed by atoms with E-state index in [1.165, 1.54) is 6.07 Å². The van der Waals surface area contributed by atoms with Crippen molar-refractivity contribution in [2.45, 2.75) is 19.4 Å². The molecule has 0 aliphatic carbocycles. The summed E-state index contributed by atoms with van der Waals surface area (Å²) in [6, 6.07) is 6.76. The molecule has 1 unspecified atom stereocenters. The number of rotatable bonds is 5. The third-order valence-electron chi connectivity index (χ3n) is 3.48. The van der Waals surface area contributed by atoms with Gasteiger partial charge in [-0.15, -0.1) is 12.4 Å². The molecule has 1 saturated heterocycles. The van der Waals surface area contributed by atoms with Gasteiger partial charge in [0, 0.05) is 44.7 Å². The first-order valence-corrected chi connectivity index (χ1v) is 7.06. The number of hydrogen-bond donors (Lipinski definition) is 2. The third-order valence-corrected chi connectivity index (χ3v) is 3.48. The highest BCUT2D eigenvalue weighted by molar-refractivity contribution is 5.85. The summed E-state index contributed by atoms with van der Waals surface area (Å²) in [5.74, 6) is 0.0782. The average molecular weight is 329 g/mol. The van der Waals surface area contributed by atoms with Crippen molar-refractivity contribution in [1.82, 2.24) is 10.2 Å². The highest BCUT2D eigenvalue weighted by Crippen LogP contribution is 2.22. The summed E-state index contributed by atoms with van der Waals surface area (Å²) < 4.78 is 0. The molecule has 2 N–H and O–H groups in total. The minimum Gasteiger partial charge on any atom is -0.379 e. The summed E-state index contributed by atoms with van der Waals surface area (Å²) in [7, 11) is 0. The molecule has 8 heteroatoms. The maximum atomic E-state index is 12.1. The van der Waals surface area contributed by atoms with E-state index in [2.05, 4.69) is 10.6 Å². The Morgan fingerprint density at radius 1 is 1.50 bits per heavy atom. The van der Waals surface area contributed by atoms with Crippen LogP contribution in [0, 0.1) is 10.1 Å². The Morgan fingerprint density at radius 2 is 2.23 bits per heavy atom. The Hall–Kier alpha value is -1.86. The monoisotopic (exact) mass is 328 g/mol. The zero-order chi connectivity index (χ0) is 15.2. The number of halogens is 1. The summed E-state index contributed by atoms with van der Waals surface area (Å²) in [5, 5.41) is 17.1. The lowest BCUT2D eigenvalue weighted by Gasteiger charge is -2.32. The quantitative estimate of drug-likeness (QED) is 0.633. The van der Waals surface area contributed by atoms with Gasteiger partial charge in [-0.05, 0) is 13.0 Å². The minimum atomic E-state index is -0.428. The molecule has 22 heavy (non-hydrogen) atoms. The number of para-hydroxylation sites is 2. The van der Waals surface area contributed by atoms with Crippen LogP contribution in [0.1, 0.15) is 13.3 Å². The van der Waals surface area contributed by atoms with Crippen molar-refractivity contribution >= 4 is 29.7 Å². The molecule has 1 aromatic rings. The van der Waals surface area contributed by atoms with Gasteiger partial charge in [-0.3, -0.25) is 14.9 Å². The van der Waals surface area contributed by atoms with Crippen LogP contribution in [0.15, 0.2) is 24.3 Å². The molecule has 0 saturated carbocycles. The van der Waals surface area contributed by atoms with Gasteiger partial charge in [0.2, 0.25) is 5.91 Å². The average Bonchev–Trinajstić information content (AvgIpc) is 2.47. The van der Waals surface area contributed by atoms with Crippen molar-refractivity contribution in [3.8, 4) is 0 Å². The summed E-state index contributed by atoms with van der Waals surface area (Å²) in [4.78, 5) is 24.4. The largest absolute Gasteiger partial charge is 0.379 e. The molecule has 1 aliphatic heterocycles. The Kier molecular flexibility index (Phi) is 7.07. The van der Waals surface area contributed by atoms with Crippen molar-refractivity contribution in [2.24, 2.45) is 0 Å². The normalized spacial score (nSPS) is 17.5. The van der Waals surface area contributed by atoms with Crippen molar-refractivity contribution < 1.29 is 9.72 Å². The second-order valence-corrected chi connectivity index (χ2v) is 5.15. The fourth-order valence-corrected chi connectivity index (χ4v) is 2.40. The van der Waals surface area contributed by atoms with E-state index in [-0.39, 0.29) is 24.0 Å². The number of hydrogen-bond acceptors (Lipinski definition) is 5. The molecular weight excluding hydrogens is 308 g/mol. The number of carbonyl (C=O) groups excluding carboxylic acids is 1. The van der Waals surface area contributed by atoms with Crippen LogP contribution in [0.2, 0.25) is 0 Å². The highest BCUT2D eigenvalue weighted by atomic mass is 35.5. The molecule has 0 aromatic heterocycles. The first-order valence-electron chi connectivity index (χ1n) is 7.06. The second kappa shape index (κ2) is 8.55. The number of nitro benzene ring substituents is 1. The van der Waals surface area contributed by atoms with Crippen molar-refractivity contribution in [3.63, 3.8) is 0 Å². The summed E-state index contributed by atoms with van der Waals surface area (Å²) >= 11 is 0. The summed E-state index contributed by atoms with van der Waals surface area (Å²) in [5.41, 5.74) is 0.477. The van der Waals surface area contributed by atoms with Crippen molar-refractivity contribution in [3.05, 3.63) is 34.4 Å². The molecule has 1 aromatic carbocycles. The standard InChI is InChI=1S/C14H20N4O3.ClH/c1-11-10-17(9-8-15-11)14(19)6-7-16-12-4-2-3-5-13(12)18(20)21;/h2-5,11,15-16H,6-10H2,1H3;1H. The van der Waals surface area contributed by atoms with Crippen LogP contribution in [0.5, 0.6) is 0 Å². The van der Waals surface area contributed by atoms with E-state index in [1.54, 1.807) is 18.2 Å². The topological polar surface area (TPSA) is 87.5 Å². The summed E-state index contributed by atoms with van der Waals surface area (Å²) in [6.07, 6.45) is 0.332. The van der Waals surface area contributed by atoms with Crippen LogP contribution >= 0.6 is 12.4 Å². The van der Waals surface area contributed by atoms with Crippen LogP contribution in [-0.2, 0) is 4.79 Å². The number of anilines is 1. The van der Waals surface area contributed by atoms with Gasteiger partial charge in [-0.1, -0.05) is 12.1 Å². The molecule has 0 spiro atoms. The molecule has 1 amide bonds. The van der Waals surface area contributed by atoms with Gasteiger partial charge < -0.3 is 15.5 Å². The number of amides is 1. The van der Waals surface area contributed by atoms with E-state index in [0.29, 0.717) is 37.8 Å². The van der Waals surface area contributed by atoms with Crippen molar-refractivity contribution in [2.75, 3.05) is 31.5 Å². The zero-order valence-electron chi connectivity index (χ0n) is 12.4. The Morgan fingerprint density at radius 3 is 2.91 bits per heavy atom. The molecule has 1 atom stereocenters. The molecule has 2 rings (SSSR count). The van der Waals surface area contributed by atoms with E-state index in [0.717, 1.165) is 6.54 Å². The second-order valence-electron chi connectivity index (χ2n) is 5.15. The lowest BCUT2D eigenvalue weighted by Crippen LogP contribution is -2.51. The smallest absolute Gasteiger partial charge is 0.292 e. The molecule has 0 radical (unpaired) electrons. The van der Waals surface area contributed by atoms with Gasteiger partial charge >= 0.3 is 0 Å². The zero-order valence-corrected chi connectivity index (χ0v) is 13.3. The molecule has 122 valence electrons. The lowest BCUT2D eigenvalue weighted by atomic mass is 10.2. The van der Waals surface area contributed by atoms with E-state index < -0.39 is 4.92 Å². The van der Waals surface area contributed by atoms with Gasteiger partial charge in [0.1, 0.15) is 5.69 Å². The van der Waals surface area contributed by atoms with Gasteiger partial charge in [0.05, 0.1) is 4.92 Å². The van der Waals surface area contributed by atoms with Gasteiger partial charge in [-0.25, -0.2) is 0 Å². The van der Waals surface area contributed by atoms with E-state index >= 15 is 0 Å². The minimum absolute atomic E-state index is 0. The van der Waals surface area contributed by atoms with E-state index in [9.17, 15) is 14.9 Å². The molecule has 7 nitrogen and oxygen atoms in total.